The van der Waals surface area contributed by atoms with Gasteiger partial charge >= 0.3 is 6.03 Å². The van der Waals surface area contributed by atoms with E-state index in [2.05, 4.69) is 36.0 Å². The van der Waals surface area contributed by atoms with Crippen LogP contribution in [-0.4, -0.2) is 40.8 Å². The number of nitrogens with one attached hydrogen (secondary N) is 1. The quantitative estimate of drug-likeness (QED) is 0.889. The van der Waals surface area contributed by atoms with Crippen molar-refractivity contribution in [2.45, 2.75) is 20.4 Å². The average Bonchev–Trinajstić information content (AvgIpc) is 2.81. The molecule has 2 aromatic rings. The number of carbonyl (C=O) groups excluding carboxylic acids is 1. The number of hydrogen-bond donors (Lipinski definition) is 2. The van der Waals surface area contributed by atoms with E-state index in [9.17, 15) is 4.79 Å². The summed E-state index contributed by atoms with van der Waals surface area (Å²) in [6.45, 7) is 5.64. The molecule has 114 valence electrons. The van der Waals surface area contributed by atoms with Crippen LogP contribution >= 0.6 is 0 Å². The van der Waals surface area contributed by atoms with Crippen molar-refractivity contribution in [3.8, 4) is 0 Å². The molecule has 2 N–H and O–H groups in total. The van der Waals surface area contributed by atoms with Gasteiger partial charge in [0.05, 0.1) is 6.61 Å². The topological polar surface area (TPSA) is 57.5 Å². The lowest BCUT2D eigenvalue weighted by molar-refractivity contribution is 0.202. The zero-order valence-corrected chi connectivity index (χ0v) is 12.8. The molecule has 21 heavy (non-hydrogen) atoms. The van der Waals surface area contributed by atoms with Gasteiger partial charge in [-0.2, -0.15) is 0 Å². The maximum absolute atomic E-state index is 11.9. The third-order valence-electron chi connectivity index (χ3n) is 3.37. The second-order valence-corrected chi connectivity index (χ2v) is 5.71. The number of hydrogen-bond acceptors (Lipinski definition) is 2. The normalized spacial score (nSPS) is 11.1. The first kappa shape index (κ1) is 15.4. The number of aromatic nitrogens is 1. The highest BCUT2D eigenvalue weighted by atomic mass is 16.3. The highest BCUT2D eigenvalue weighted by Crippen LogP contribution is 2.21. The molecular formula is C16H23N3O2. The van der Waals surface area contributed by atoms with E-state index in [-0.39, 0.29) is 12.6 Å². The lowest BCUT2D eigenvalue weighted by Crippen LogP contribution is -2.33. The number of carbonyl (C=O) groups is 1. The van der Waals surface area contributed by atoms with E-state index < -0.39 is 0 Å². The number of aliphatic hydroxyl groups is 1. The summed E-state index contributed by atoms with van der Waals surface area (Å²) in [5.41, 5.74) is 1.94. The van der Waals surface area contributed by atoms with Gasteiger partial charge in [0.25, 0.3) is 0 Å². The number of anilines is 1. The van der Waals surface area contributed by atoms with E-state index in [1.807, 2.05) is 18.2 Å². The van der Waals surface area contributed by atoms with E-state index in [0.29, 0.717) is 12.5 Å². The van der Waals surface area contributed by atoms with Crippen molar-refractivity contribution in [2.24, 2.45) is 5.92 Å². The Labute approximate surface area is 125 Å². The van der Waals surface area contributed by atoms with Crippen LogP contribution in [0.5, 0.6) is 0 Å². The number of aliphatic hydroxyl groups excluding tert-OH is 1. The average molecular weight is 289 g/mol. The summed E-state index contributed by atoms with van der Waals surface area (Å²) in [5.74, 6) is 0.590. The third-order valence-corrected chi connectivity index (χ3v) is 3.37. The van der Waals surface area contributed by atoms with E-state index in [1.54, 1.807) is 7.05 Å². The van der Waals surface area contributed by atoms with Crippen LogP contribution in [0.4, 0.5) is 10.5 Å². The Morgan fingerprint density at radius 2 is 2.14 bits per heavy atom. The molecule has 0 aliphatic rings. The lowest BCUT2D eigenvalue weighted by Gasteiger charge is -2.16. The van der Waals surface area contributed by atoms with E-state index >= 15 is 0 Å². The summed E-state index contributed by atoms with van der Waals surface area (Å²) in [4.78, 5) is 13.3. The van der Waals surface area contributed by atoms with Crippen LogP contribution in [0.25, 0.3) is 10.9 Å². The number of rotatable bonds is 5. The summed E-state index contributed by atoms with van der Waals surface area (Å²) >= 11 is 0. The Morgan fingerprint density at radius 3 is 2.81 bits per heavy atom. The van der Waals surface area contributed by atoms with E-state index in [4.69, 9.17) is 5.11 Å². The number of benzene rings is 1. The summed E-state index contributed by atoms with van der Waals surface area (Å²) in [6.07, 6.45) is 2.08. The van der Waals surface area contributed by atoms with Crippen LogP contribution in [0.3, 0.4) is 0 Å². The second-order valence-electron chi connectivity index (χ2n) is 5.71. The maximum atomic E-state index is 11.9. The SMILES string of the molecule is CC(C)Cn1ccc2cc(NC(=O)N(C)CCO)ccc21. The lowest BCUT2D eigenvalue weighted by atomic mass is 10.2. The van der Waals surface area contributed by atoms with Crippen LogP contribution in [0.1, 0.15) is 13.8 Å². The van der Waals surface area contributed by atoms with Gasteiger partial charge in [-0.05, 0) is 30.2 Å². The number of urea groups is 1. The number of amides is 2. The first-order chi connectivity index (χ1) is 10.0. The van der Waals surface area contributed by atoms with Gasteiger partial charge in [-0.15, -0.1) is 0 Å². The van der Waals surface area contributed by atoms with Crippen molar-refractivity contribution < 1.29 is 9.90 Å². The van der Waals surface area contributed by atoms with Gasteiger partial charge in [0, 0.05) is 42.9 Å². The Balaban J connectivity index is 2.14. The molecule has 0 saturated heterocycles. The van der Waals surface area contributed by atoms with Gasteiger partial charge in [0.15, 0.2) is 0 Å². The molecule has 5 heteroatoms. The molecule has 0 radical (unpaired) electrons. The summed E-state index contributed by atoms with van der Waals surface area (Å²) in [5, 5.41) is 12.8. The third kappa shape index (κ3) is 3.76. The molecule has 0 aliphatic carbocycles. The zero-order valence-electron chi connectivity index (χ0n) is 12.8. The molecule has 1 aromatic heterocycles. The minimum atomic E-state index is -0.218. The van der Waals surface area contributed by atoms with Crippen LogP contribution in [0.2, 0.25) is 0 Å². The minimum absolute atomic E-state index is 0.0407. The summed E-state index contributed by atoms with van der Waals surface area (Å²) in [6, 6.07) is 7.75. The van der Waals surface area contributed by atoms with Crippen LogP contribution in [-0.2, 0) is 6.54 Å². The van der Waals surface area contributed by atoms with Crippen LogP contribution < -0.4 is 5.32 Å². The standard InChI is InChI=1S/C16H23N3O2/c1-12(2)11-19-7-6-13-10-14(4-5-15(13)19)17-16(21)18(3)8-9-20/h4-7,10,12,20H,8-9,11H2,1-3H3,(H,17,21). The Bertz CT molecular complexity index is 619. The number of fused-ring (bicyclic) bond motifs is 1. The predicted octanol–water partition coefficient (Wildman–Crippen LogP) is 2.75. The van der Waals surface area contributed by atoms with Crippen LogP contribution in [0.15, 0.2) is 30.5 Å². The molecule has 2 rings (SSSR count). The molecule has 2 amide bonds. The molecule has 0 saturated carbocycles. The van der Waals surface area contributed by atoms with Gasteiger partial charge in [-0.3, -0.25) is 0 Å². The van der Waals surface area contributed by atoms with Gasteiger partial charge in [0.1, 0.15) is 0 Å². The maximum Gasteiger partial charge on any atom is 0.321 e. The largest absolute Gasteiger partial charge is 0.395 e. The highest BCUT2D eigenvalue weighted by Gasteiger charge is 2.09. The monoisotopic (exact) mass is 289 g/mol. The zero-order chi connectivity index (χ0) is 15.4. The predicted molar refractivity (Wildman–Crippen MR) is 85.5 cm³/mol. The van der Waals surface area contributed by atoms with Crippen molar-refractivity contribution in [3.63, 3.8) is 0 Å². The summed E-state index contributed by atoms with van der Waals surface area (Å²) in [7, 11) is 1.66. The van der Waals surface area contributed by atoms with Crippen molar-refractivity contribution in [3.05, 3.63) is 30.5 Å². The van der Waals surface area contributed by atoms with Crippen LogP contribution in [0, 0.1) is 5.92 Å². The molecule has 1 aromatic carbocycles. The molecule has 5 nitrogen and oxygen atoms in total. The van der Waals surface area contributed by atoms with Gasteiger partial charge < -0.3 is 19.9 Å². The van der Waals surface area contributed by atoms with Crippen molar-refractivity contribution in [1.29, 1.82) is 0 Å². The van der Waals surface area contributed by atoms with Gasteiger partial charge in [-0.1, -0.05) is 13.8 Å². The molecule has 1 heterocycles. The fourth-order valence-electron chi connectivity index (χ4n) is 2.30. The smallest absolute Gasteiger partial charge is 0.321 e. The van der Waals surface area contributed by atoms with Crippen molar-refractivity contribution in [2.75, 3.05) is 25.5 Å². The van der Waals surface area contributed by atoms with Gasteiger partial charge in [0.2, 0.25) is 0 Å². The van der Waals surface area contributed by atoms with Crippen molar-refractivity contribution in [1.82, 2.24) is 9.47 Å². The minimum Gasteiger partial charge on any atom is -0.395 e. The highest BCUT2D eigenvalue weighted by molar-refractivity contribution is 5.92. The second kappa shape index (κ2) is 6.63. The Hall–Kier alpha value is -2.01. The molecule has 0 spiro atoms. The van der Waals surface area contributed by atoms with E-state index in [1.165, 1.54) is 10.4 Å². The Morgan fingerprint density at radius 1 is 1.38 bits per heavy atom. The Kier molecular flexibility index (Phi) is 4.85. The molecule has 0 aliphatic heterocycles. The van der Waals surface area contributed by atoms with E-state index in [0.717, 1.165) is 17.6 Å². The van der Waals surface area contributed by atoms with Crippen molar-refractivity contribution >= 4 is 22.6 Å². The summed E-state index contributed by atoms with van der Waals surface area (Å²) < 4.78 is 2.23. The number of nitrogens with zero attached hydrogens (tertiary/aromatic N) is 2. The fraction of sp³-hybridized carbons (Fsp3) is 0.438. The first-order valence-electron chi connectivity index (χ1n) is 7.23. The van der Waals surface area contributed by atoms with Gasteiger partial charge in [-0.25, -0.2) is 4.79 Å². The fourth-order valence-corrected chi connectivity index (χ4v) is 2.30. The molecular weight excluding hydrogens is 266 g/mol. The first-order valence-corrected chi connectivity index (χ1v) is 7.23. The molecule has 0 atom stereocenters. The molecule has 0 fully saturated rings. The molecule has 0 unspecified atom stereocenters. The molecule has 0 bridgehead atoms. The number of likely N-dealkylation sites (N-methyl/N-ethyl adjacent to an activating group) is 1.